The lowest BCUT2D eigenvalue weighted by Gasteiger charge is -2.28. The van der Waals surface area contributed by atoms with Gasteiger partial charge in [-0.25, -0.2) is 9.59 Å². The molecule has 2 aliphatic rings. The first-order valence-corrected chi connectivity index (χ1v) is 6.92. The van der Waals surface area contributed by atoms with E-state index in [1.807, 2.05) is 0 Å². The molecule has 2 aliphatic carbocycles. The van der Waals surface area contributed by atoms with Crippen molar-refractivity contribution in [3.8, 4) is 0 Å². The molecule has 0 saturated heterocycles. The van der Waals surface area contributed by atoms with Crippen LogP contribution in [-0.2, 0) is 14.3 Å². The third-order valence-electron chi connectivity index (χ3n) is 3.78. The van der Waals surface area contributed by atoms with E-state index in [0.717, 1.165) is 38.5 Å². The van der Waals surface area contributed by atoms with Crippen LogP contribution in [0.15, 0.2) is 11.6 Å². The average Bonchev–Trinajstić information content (AvgIpc) is 2.36. The smallest absolute Gasteiger partial charge is 0.407 e. The van der Waals surface area contributed by atoms with Crippen LogP contribution in [0.25, 0.3) is 0 Å². The molecule has 0 aromatic heterocycles. The Balaban J connectivity index is 1.68. The Morgan fingerprint density at radius 2 is 1.89 bits per heavy atom. The van der Waals surface area contributed by atoms with Crippen LogP contribution < -0.4 is 5.32 Å². The Morgan fingerprint density at radius 1 is 1.21 bits per heavy atom. The third-order valence-corrected chi connectivity index (χ3v) is 3.78. The van der Waals surface area contributed by atoms with Crippen molar-refractivity contribution in [1.29, 1.82) is 0 Å². The van der Waals surface area contributed by atoms with E-state index in [1.165, 1.54) is 19.1 Å². The van der Waals surface area contributed by atoms with Crippen molar-refractivity contribution in [3.63, 3.8) is 0 Å². The first kappa shape index (κ1) is 13.9. The SMILES string of the molecule is COC(=O)NC1CCC(OC(=O)C=C2CCC2)CC1. The van der Waals surface area contributed by atoms with Gasteiger partial charge < -0.3 is 14.8 Å². The van der Waals surface area contributed by atoms with Crippen molar-refractivity contribution >= 4 is 12.1 Å². The molecule has 0 radical (unpaired) electrons. The van der Waals surface area contributed by atoms with Gasteiger partial charge in [-0.15, -0.1) is 0 Å². The number of allylic oxidation sites excluding steroid dienone is 1. The van der Waals surface area contributed by atoms with Crippen LogP contribution in [0.5, 0.6) is 0 Å². The molecule has 2 fully saturated rings. The molecule has 0 aromatic rings. The van der Waals surface area contributed by atoms with Gasteiger partial charge in [-0.1, -0.05) is 5.57 Å². The zero-order chi connectivity index (χ0) is 13.7. The highest BCUT2D eigenvalue weighted by Gasteiger charge is 2.25. The molecule has 2 rings (SSSR count). The normalized spacial score (nSPS) is 26.1. The maximum absolute atomic E-state index is 11.6. The summed E-state index contributed by atoms with van der Waals surface area (Å²) in [4.78, 5) is 22.7. The summed E-state index contributed by atoms with van der Waals surface area (Å²) in [6.45, 7) is 0. The summed E-state index contributed by atoms with van der Waals surface area (Å²) in [7, 11) is 1.36. The van der Waals surface area contributed by atoms with E-state index in [1.54, 1.807) is 6.08 Å². The summed E-state index contributed by atoms with van der Waals surface area (Å²) in [5.74, 6) is -0.209. The van der Waals surface area contributed by atoms with Crippen molar-refractivity contribution in [2.24, 2.45) is 0 Å². The molecule has 0 atom stereocenters. The molecular weight excluding hydrogens is 246 g/mol. The molecule has 5 nitrogen and oxygen atoms in total. The second-order valence-corrected chi connectivity index (χ2v) is 5.20. The molecule has 0 spiro atoms. The number of rotatable bonds is 3. The van der Waals surface area contributed by atoms with Crippen molar-refractivity contribution < 1.29 is 19.1 Å². The number of carbonyl (C=O) groups excluding carboxylic acids is 2. The maximum atomic E-state index is 11.6. The van der Waals surface area contributed by atoms with Gasteiger partial charge in [-0.3, -0.25) is 0 Å². The van der Waals surface area contributed by atoms with Gasteiger partial charge in [-0.2, -0.15) is 0 Å². The highest BCUT2D eigenvalue weighted by molar-refractivity contribution is 5.83. The van der Waals surface area contributed by atoms with Gasteiger partial charge in [0.25, 0.3) is 0 Å². The van der Waals surface area contributed by atoms with Gasteiger partial charge in [0.05, 0.1) is 7.11 Å². The zero-order valence-corrected chi connectivity index (χ0v) is 11.3. The van der Waals surface area contributed by atoms with Crippen LogP contribution in [0.4, 0.5) is 4.79 Å². The fourth-order valence-electron chi connectivity index (χ4n) is 2.44. The van der Waals surface area contributed by atoms with E-state index < -0.39 is 6.09 Å². The number of nitrogens with one attached hydrogen (secondary N) is 1. The average molecular weight is 267 g/mol. The Morgan fingerprint density at radius 3 is 2.42 bits per heavy atom. The van der Waals surface area contributed by atoms with Gasteiger partial charge >= 0.3 is 12.1 Å². The molecule has 0 aromatic carbocycles. The minimum absolute atomic E-state index is 0.0138. The Hall–Kier alpha value is -1.52. The number of hydrogen-bond acceptors (Lipinski definition) is 4. The van der Waals surface area contributed by atoms with Crippen LogP contribution in [0.1, 0.15) is 44.9 Å². The topological polar surface area (TPSA) is 64.6 Å². The number of amides is 1. The predicted octanol–water partition coefficient (Wildman–Crippen LogP) is 2.31. The second kappa shape index (κ2) is 6.59. The van der Waals surface area contributed by atoms with Gasteiger partial charge in [0.15, 0.2) is 0 Å². The van der Waals surface area contributed by atoms with Gasteiger partial charge in [0, 0.05) is 12.1 Å². The first-order chi connectivity index (χ1) is 9.17. The summed E-state index contributed by atoms with van der Waals surface area (Å²) in [6, 6.07) is 0.132. The molecule has 0 heterocycles. The summed E-state index contributed by atoms with van der Waals surface area (Å²) >= 11 is 0. The lowest BCUT2D eigenvalue weighted by atomic mass is 9.92. The number of ether oxygens (including phenoxy) is 2. The molecule has 106 valence electrons. The molecule has 0 bridgehead atoms. The minimum Gasteiger partial charge on any atom is -0.459 e. The van der Waals surface area contributed by atoms with E-state index >= 15 is 0 Å². The minimum atomic E-state index is -0.393. The van der Waals surface area contributed by atoms with Crippen LogP contribution >= 0.6 is 0 Å². The lowest BCUT2D eigenvalue weighted by Crippen LogP contribution is -2.39. The number of hydrogen-bond donors (Lipinski definition) is 1. The monoisotopic (exact) mass is 267 g/mol. The maximum Gasteiger partial charge on any atom is 0.407 e. The van der Waals surface area contributed by atoms with Crippen LogP contribution in [0.3, 0.4) is 0 Å². The van der Waals surface area contributed by atoms with Crippen LogP contribution in [-0.4, -0.2) is 31.3 Å². The fourth-order valence-corrected chi connectivity index (χ4v) is 2.44. The largest absolute Gasteiger partial charge is 0.459 e. The molecule has 0 unspecified atom stereocenters. The van der Waals surface area contributed by atoms with Crippen molar-refractivity contribution in [2.75, 3.05) is 7.11 Å². The van der Waals surface area contributed by atoms with Crippen molar-refractivity contribution in [2.45, 2.75) is 57.1 Å². The van der Waals surface area contributed by atoms with E-state index in [4.69, 9.17) is 4.74 Å². The quantitative estimate of drug-likeness (QED) is 0.629. The highest BCUT2D eigenvalue weighted by Crippen LogP contribution is 2.26. The van der Waals surface area contributed by atoms with Gasteiger partial charge in [0.1, 0.15) is 6.10 Å². The summed E-state index contributed by atoms with van der Waals surface area (Å²) < 4.78 is 9.98. The third kappa shape index (κ3) is 4.26. The van der Waals surface area contributed by atoms with Gasteiger partial charge in [-0.05, 0) is 44.9 Å². The summed E-state index contributed by atoms with van der Waals surface area (Å²) in [5.41, 5.74) is 1.20. The molecule has 1 N–H and O–H groups in total. The van der Waals surface area contributed by atoms with E-state index in [9.17, 15) is 9.59 Å². The zero-order valence-electron chi connectivity index (χ0n) is 11.3. The van der Waals surface area contributed by atoms with Crippen LogP contribution in [0.2, 0.25) is 0 Å². The lowest BCUT2D eigenvalue weighted by molar-refractivity contribution is -0.144. The number of alkyl carbamates (subject to hydrolysis) is 1. The molecule has 5 heteroatoms. The Bertz CT molecular complexity index is 364. The highest BCUT2D eigenvalue weighted by atomic mass is 16.5. The molecule has 1 amide bonds. The summed E-state index contributed by atoms with van der Waals surface area (Å²) in [6.07, 6.45) is 7.72. The Labute approximate surface area is 113 Å². The Kier molecular flexibility index (Phi) is 4.82. The van der Waals surface area contributed by atoms with Crippen molar-refractivity contribution in [1.82, 2.24) is 5.32 Å². The molecule has 0 aliphatic heterocycles. The second-order valence-electron chi connectivity index (χ2n) is 5.20. The molecule has 2 saturated carbocycles. The van der Waals surface area contributed by atoms with E-state index in [-0.39, 0.29) is 18.1 Å². The van der Waals surface area contributed by atoms with Gasteiger partial charge in [0.2, 0.25) is 0 Å². The van der Waals surface area contributed by atoms with Crippen LogP contribution in [0, 0.1) is 0 Å². The van der Waals surface area contributed by atoms with E-state index in [0.29, 0.717) is 0 Å². The fraction of sp³-hybridized carbons (Fsp3) is 0.714. The van der Waals surface area contributed by atoms with E-state index in [2.05, 4.69) is 10.1 Å². The summed E-state index contributed by atoms with van der Waals surface area (Å²) in [5, 5.41) is 2.78. The molecule has 19 heavy (non-hydrogen) atoms. The number of carbonyl (C=O) groups is 2. The first-order valence-electron chi connectivity index (χ1n) is 6.92. The van der Waals surface area contributed by atoms with Crippen molar-refractivity contribution in [3.05, 3.63) is 11.6 Å². The predicted molar refractivity (Wildman–Crippen MR) is 69.6 cm³/mol. The number of methoxy groups -OCH3 is 1. The molecular formula is C14H21NO4. The standard InChI is InChI=1S/C14H21NO4/c1-18-14(17)15-11-5-7-12(8-6-11)19-13(16)9-10-3-2-4-10/h9,11-12H,2-8H2,1H3,(H,15,17). The number of esters is 1.